The number of carbonyl (C=O) groups is 1. The molecular weight excluding hydrogens is 275 g/mol. The molecule has 2 heterocycles. The molecule has 0 spiro atoms. The van der Waals surface area contributed by atoms with Gasteiger partial charge in [0.15, 0.2) is 5.15 Å². The fourth-order valence-corrected chi connectivity index (χ4v) is 2.05. The standard InChI is InChI=1S/C11H10Cl2N4O/c1-6-3-8(12)15-10(13)9(6)16-11(18)7-4-14-17(2)5-7/h3-5H,1-2H3,(H,16,18). The van der Waals surface area contributed by atoms with E-state index in [1.165, 1.54) is 6.20 Å². The first-order valence-electron chi connectivity index (χ1n) is 5.10. The minimum absolute atomic E-state index is 0.164. The van der Waals surface area contributed by atoms with Crippen molar-refractivity contribution >= 4 is 34.8 Å². The van der Waals surface area contributed by atoms with Crippen LogP contribution in [0.1, 0.15) is 15.9 Å². The largest absolute Gasteiger partial charge is 0.319 e. The fraction of sp³-hybridized carbons (Fsp3) is 0.182. The molecule has 0 bridgehead atoms. The average Bonchev–Trinajstić information content (AvgIpc) is 2.70. The smallest absolute Gasteiger partial charge is 0.258 e. The monoisotopic (exact) mass is 284 g/mol. The lowest BCUT2D eigenvalue weighted by molar-refractivity contribution is 0.102. The summed E-state index contributed by atoms with van der Waals surface area (Å²) in [5, 5.41) is 7.07. The van der Waals surface area contributed by atoms with Crippen molar-refractivity contribution in [3.05, 3.63) is 39.9 Å². The Bertz CT molecular complexity index is 586. The van der Waals surface area contributed by atoms with E-state index in [2.05, 4.69) is 15.4 Å². The van der Waals surface area contributed by atoms with Gasteiger partial charge < -0.3 is 5.32 Å². The molecule has 0 aromatic carbocycles. The summed E-state index contributed by atoms with van der Waals surface area (Å²) < 4.78 is 1.55. The minimum Gasteiger partial charge on any atom is -0.319 e. The van der Waals surface area contributed by atoms with Crippen molar-refractivity contribution in [2.45, 2.75) is 6.92 Å². The lowest BCUT2D eigenvalue weighted by atomic mass is 10.2. The van der Waals surface area contributed by atoms with Crippen LogP contribution in [0.25, 0.3) is 0 Å². The molecule has 1 N–H and O–H groups in total. The molecule has 2 aromatic heterocycles. The number of carbonyl (C=O) groups excluding carboxylic acids is 1. The molecule has 2 rings (SSSR count). The van der Waals surface area contributed by atoms with Crippen molar-refractivity contribution in [3.63, 3.8) is 0 Å². The van der Waals surface area contributed by atoms with Gasteiger partial charge in [-0.25, -0.2) is 4.98 Å². The number of anilines is 1. The van der Waals surface area contributed by atoms with E-state index >= 15 is 0 Å². The predicted octanol–water partition coefficient (Wildman–Crippen LogP) is 2.68. The molecule has 0 saturated heterocycles. The Hall–Kier alpha value is -1.59. The fourth-order valence-electron chi connectivity index (χ4n) is 1.47. The molecule has 0 atom stereocenters. The lowest BCUT2D eigenvalue weighted by Crippen LogP contribution is -2.13. The average molecular weight is 285 g/mol. The molecule has 0 aliphatic rings. The van der Waals surface area contributed by atoms with E-state index in [-0.39, 0.29) is 16.2 Å². The highest BCUT2D eigenvalue weighted by atomic mass is 35.5. The number of nitrogens with one attached hydrogen (secondary N) is 1. The normalized spacial score (nSPS) is 10.4. The third-order valence-corrected chi connectivity index (χ3v) is 2.81. The molecule has 0 aliphatic carbocycles. The van der Waals surface area contributed by atoms with Crippen LogP contribution in [0, 0.1) is 6.92 Å². The maximum absolute atomic E-state index is 11.9. The maximum atomic E-state index is 11.9. The Kier molecular flexibility index (Phi) is 3.54. The number of aromatic nitrogens is 3. The van der Waals surface area contributed by atoms with Crippen molar-refractivity contribution < 1.29 is 4.79 Å². The minimum atomic E-state index is -0.294. The first-order valence-corrected chi connectivity index (χ1v) is 5.85. The molecule has 94 valence electrons. The van der Waals surface area contributed by atoms with E-state index in [0.29, 0.717) is 11.3 Å². The predicted molar refractivity (Wildman–Crippen MR) is 70.2 cm³/mol. The van der Waals surface area contributed by atoms with Gasteiger partial charge in [-0.1, -0.05) is 23.2 Å². The van der Waals surface area contributed by atoms with Crippen LogP contribution >= 0.6 is 23.2 Å². The molecular formula is C11H10Cl2N4O. The van der Waals surface area contributed by atoms with Gasteiger partial charge in [-0.15, -0.1) is 0 Å². The van der Waals surface area contributed by atoms with Crippen LogP contribution in [0.4, 0.5) is 5.69 Å². The van der Waals surface area contributed by atoms with Crippen LogP contribution in [0.2, 0.25) is 10.3 Å². The van der Waals surface area contributed by atoms with Crippen molar-refractivity contribution in [2.75, 3.05) is 5.32 Å². The van der Waals surface area contributed by atoms with Gasteiger partial charge in [0.25, 0.3) is 5.91 Å². The van der Waals surface area contributed by atoms with Crippen LogP contribution in [0.15, 0.2) is 18.5 Å². The summed E-state index contributed by atoms with van der Waals surface area (Å²) >= 11 is 11.7. The van der Waals surface area contributed by atoms with Crippen LogP contribution in [0.5, 0.6) is 0 Å². The summed E-state index contributed by atoms with van der Waals surface area (Å²) in [5.74, 6) is -0.294. The molecule has 0 radical (unpaired) electrons. The highest BCUT2D eigenvalue weighted by Crippen LogP contribution is 2.26. The molecule has 7 heteroatoms. The summed E-state index contributed by atoms with van der Waals surface area (Å²) in [5.41, 5.74) is 1.65. The van der Waals surface area contributed by atoms with Gasteiger partial charge in [0.05, 0.1) is 17.4 Å². The van der Waals surface area contributed by atoms with E-state index in [1.54, 1.807) is 30.9 Å². The van der Waals surface area contributed by atoms with Crippen molar-refractivity contribution in [2.24, 2.45) is 7.05 Å². The quantitative estimate of drug-likeness (QED) is 0.863. The SMILES string of the molecule is Cc1cc(Cl)nc(Cl)c1NC(=O)c1cnn(C)c1. The molecule has 0 saturated carbocycles. The Morgan fingerprint density at radius 3 is 2.72 bits per heavy atom. The number of hydrogen-bond donors (Lipinski definition) is 1. The molecule has 5 nitrogen and oxygen atoms in total. The first-order chi connectivity index (χ1) is 8.47. The maximum Gasteiger partial charge on any atom is 0.258 e. The third-order valence-electron chi connectivity index (χ3n) is 2.35. The van der Waals surface area contributed by atoms with Crippen LogP contribution in [-0.4, -0.2) is 20.7 Å². The number of rotatable bonds is 2. The van der Waals surface area contributed by atoms with E-state index in [4.69, 9.17) is 23.2 Å². The van der Waals surface area contributed by atoms with Gasteiger partial charge in [-0.3, -0.25) is 9.48 Å². The third kappa shape index (κ3) is 2.63. The van der Waals surface area contributed by atoms with Crippen molar-refractivity contribution in [1.82, 2.24) is 14.8 Å². The van der Waals surface area contributed by atoms with E-state index < -0.39 is 0 Å². The van der Waals surface area contributed by atoms with Crippen molar-refractivity contribution in [1.29, 1.82) is 0 Å². The highest BCUT2D eigenvalue weighted by Gasteiger charge is 2.13. The second kappa shape index (κ2) is 4.96. The van der Waals surface area contributed by atoms with Crippen molar-refractivity contribution in [3.8, 4) is 0 Å². The second-order valence-corrected chi connectivity index (χ2v) is 4.53. The molecule has 0 fully saturated rings. The molecule has 0 aliphatic heterocycles. The Balaban J connectivity index is 2.27. The Morgan fingerprint density at radius 1 is 1.44 bits per heavy atom. The Labute approximate surface area is 114 Å². The van der Waals surface area contributed by atoms with Gasteiger partial charge in [0, 0.05) is 13.2 Å². The summed E-state index contributed by atoms with van der Waals surface area (Å²) in [6.45, 7) is 1.79. The van der Waals surface area contributed by atoms with Gasteiger partial charge in [0.1, 0.15) is 5.15 Å². The van der Waals surface area contributed by atoms with Gasteiger partial charge in [0.2, 0.25) is 0 Å². The highest BCUT2D eigenvalue weighted by molar-refractivity contribution is 6.35. The number of halogens is 2. The van der Waals surface area contributed by atoms with Crippen LogP contribution < -0.4 is 5.32 Å². The zero-order valence-electron chi connectivity index (χ0n) is 9.74. The van der Waals surface area contributed by atoms with Gasteiger partial charge in [-0.05, 0) is 18.6 Å². The van der Waals surface area contributed by atoms with E-state index in [0.717, 1.165) is 5.56 Å². The molecule has 0 unspecified atom stereocenters. The van der Waals surface area contributed by atoms with E-state index in [1.807, 2.05) is 0 Å². The molecule has 1 amide bonds. The van der Waals surface area contributed by atoms with Gasteiger partial charge in [-0.2, -0.15) is 5.10 Å². The second-order valence-electron chi connectivity index (χ2n) is 3.78. The summed E-state index contributed by atoms with van der Waals surface area (Å²) in [6.07, 6.45) is 3.09. The summed E-state index contributed by atoms with van der Waals surface area (Å²) in [7, 11) is 1.73. The zero-order valence-corrected chi connectivity index (χ0v) is 11.2. The zero-order chi connectivity index (χ0) is 13.3. The first kappa shape index (κ1) is 12.9. The van der Waals surface area contributed by atoms with Crippen LogP contribution in [0.3, 0.4) is 0 Å². The number of pyridine rings is 1. The number of hydrogen-bond acceptors (Lipinski definition) is 3. The molecule has 18 heavy (non-hydrogen) atoms. The van der Waals surface area contributed by atoms with Gasteiger partial charge >= 0.3 is 0 Å². The van der Waals surface area contributed by atoms with E-state index in [9.17, 15) is 4.79 Å². The Morgan fingerprint density at radius 2 is 2.17 bits per heavy atom. The summed E-state index contributed by atoms with van der Waals surface area (Å²) in [6, 6.07) is 1.63. The number of amides is 1. The topological polar surface area (TPSA) is 59.8 Å². The number of aryl methyl sites for hydroxylation is 2. The lowest BCUT2D eigenvalue weighted by Gasteiger charge is -2.09. The molecule has 2 aromatic rings. The number of nitrogens with zero attached hydrogens (tertiary/aromatic N) is 3. The van der Waals surface area contributed by atoms with Crippen LogP contribution in [-0.2, 0) is 7.05 Å². The summed E-state index contributed by atoms with van der Waals surface area (Å²) in [4.78, 5) is 15.8.